The molecule has 0 aliphatic heterocycles. The Morgan fingerprint density at radius 2 is 1.11 bits per heavy atom. The maximum Gasteiger partial charge on any atom is 0.0991 e. The molecule has 0 saturated carbocycles. The highest BCUT2D eigenvalue weighted by atomic mass is 15.1. The van der Waals surface area contributed by atoms with Gasteiger partial charge in [0.25, 0.3) is 0 Å². The van der Waals surface area contributed by atoms with Gasteiger partial charge >= 0.3 is 0 Å². The van der Waals surface area contributed by atoms with Crippen molar-refractivity contribution >= 4 is 27.8 Å². The van der Waals surface area contributed by atoms with Crippen molar-refractivity contribution in [2.75, 3.05) is 4.90 Å². The van der Waals surface area contributed by atoms with Crippen molar-refractivity contribution in [2.24, 2.45) is 0 Å². The lowest BCUT2D eigenvalue weighted by Crippen LogP contribution is -2.10. The molecule has 222 valence electrons. The quantitative estimate of drug-likeness (QED) is 0.192. The molecule has 0 bridgehead atoms. The number of nitrogens with zero attached hydrogens (tertiary/aromatic N) is 2. The average Bonchev–Trinajstić information content (AvgIpc) is 3.13. The lowest BCUT2D eigenvalue weighted by atomic mass is 10.0. The zero-order valence-corrected chi connectivity index (χ0v) is 26.3. The van der Waals surface area contributed by atoms with Crippen LogP contribution in [-0.2, 0) is 6.42 Å². The van der Waals surface area contributed by atoms with Crippen molar-refractivity contribution in [1.82, 2.24) is 0 Å². The number of nitriles is 1. The Bertz CT molecular complexity index is 2060. The standard InChI is InChI=1S/C35H27N.C9H9N/c1-26-17-19-28(20-18-26)29-21-23-32(24-22-29)36(35-16-8-12-30-11-5-6-15-34(30)35)33-14-7-13-31(25-33)27-9-3-2-4-10-27;1-2-8-3-5-9(7-10)6-4-8/h2-25H,1H3;3-6H,2H2,1H3. The summed E-state index contributed by atoms with van der Waals surface area (Å²) in [5.41, 5.74) is 11.6. The Kier molecular flexibility index (Phi) is 9.33. The van der Waals surface area contributed by atoms with Crippen LogP contribution in [0.3, 0.4) is 0 Å². The molecule has 0 unspecified atom stereocenters. The van der Waals surface area contributed by atoms with E-state index in [0.29, 0.717) is 0 Å². The molecule has 2 nitrogen and oxygen atoms in total. The summed E-state index contributed by atoms with van der Waals surface area (Å²) in [4.78, 5) is 2.37. The third-order valence-electron chi connectivity index (χ3n) is 8.22. The van der Waals surface area contributed by atoms with Crippen LogP contribution in [0.4, 0.5) is 17.1 Å². The molecule has 2 heteroatoms. The predicted molar refractivity (Wildman–Crippen MR) is 195 cm³/mol. The Morgan fingerprint density at radius 1 is 0.522 bits per heavy atom. The molecular weight excluding hydrogens is 556 g/mol. The number of rotatable bonds is 6. The van der Waals surface area contributed by atoms with Gasteiger partial charge in [-0.2, -0.15) is 5.26 Å². The smallest absolute Gasteiger partial charge is 0.0991 e. The summed E-state index contributed by atoms with van der Waals surface area (Å²) in [5.74, 6) is 0. The van der Waals surface area contributed by atoms with Crippen LogP contribution in [-0.4, -0.2) is 0 Å². The SMILES string of the molecule is CCc1ccc(C#N)cc1.Cc1ccc(-c2ccc(N(c3cccc(-c4ccccc4)c3)c3cccc4ccccc34)cc2)cc1. The second kappa shape index (κ2) is 14.2. The van der Waals surface area contributed by atoms with Gasteiger partial charge in [-0.25, -0.2) is 0 Å². The highest BCUT2D eigenvalue weighted by Gasteiger charge is 2.16. The van der Waals surface area contributed by atoms with Gasteiger partial charge < -0.3 is 4.90 Å². The van der Waals surface area contributed by atoms with Crippen LogP contribution < -0.4 is 4.90 Å². The molecule has 0 radical (unpaired) electrons. The minimum Gasteiger partial charge on any atom is -0.310 e. The molecule has 0 aromatic heterocycles. The summed E-state index contributed by atoms with van der Waals surface area (Å²) in [6.07, 6.45) is 1.03. The fraction of sp³-hybridized carbons (Fsp3) is 0.0682. The second-order valence-corrected chi connectivity index (χ2v) is 11.3. The zero-order chi connectivity index (χ0) is 31.7. The minimum atomic E-state index is 0.734. The lowest BCUT2D eigenvalue weighted by molar-refractivity contribution is 1.14. The number of benzene rings is 7. The van der Waals surface area contributed by atoms with Gasteiger partial charge in [0.1, 0.15) is 0 Å². The third-order valence-corrected chi connectivity index (χ3v) is 8.22. The molecule has 0 fully saturated rings. The normalized spacial score (nSPS) is 10.5. The van der Waals surface area contributed by atoms with Crippen LogP contribution in [0.1, 0.15) is 23.6 Å². The second-order valence-electron chi connectivity index (χ2n) is 11.3. The number of fused-ring (bicyclic) bond motifs is 1. The van der Waals surface area contributed by atoms with E-state index >= 15 is 0 Å². The molecule has 7 aromatic rings. The first-order valence-corrected chi connectivity index (χ1v) is 15.7. The third kappa shape index (κ3) is 6.91. The van der Waals surface area contributed by atoms with Crippen molar-refractivity contribution in [1.29, 1.82) is 5.26 Å². The van der Waals surface area contributed by atoms with Gasteiger partial charge in [0.05, 0.1) is 17.3 Å². The van der Waals surface area contributed by atoms with E-state index in [1.54, 1.807) is 0 Å². The van der Waals surface area contributed by atoms with Gasteiger partial charge in [-0.3, -0.25) is 0 Å². The fourth-order valence-electron chi connectivity index (χ4n) is 5.65. The first kappa shape index (κ1) is 30.1. The van der Waals surface area contributed by atoms with E-state index < -0.39 is 0 Å². The van der Waals surface area contributed by atoms with Crippen molar-refractivity contribution in [3.05, 3.63) is 187 Å². The summed E-state index contributed by atoms with van der Waals surface area (Å²) in [7, 11) is 0. The summed E-state index contributed by atoms with van der Waals surface area (Å²) >= 11 is 0. The van der Waals surface area contributed by atoms with Crippen LogP contribution in [0, 0.1) is 18.3 Å². The first-order chi connectivity index (χ1) is 22.6. The Labute approximate surface area is 272 Å². The lowest BCUT2D eigenvalue weighted by Gasteiger charge is -2.27. The number of hydrogen-bond acceptors (Lipinski definition) is 2. The molecular formula is C44H36N2. The molecule has 7 aromatic carbocycles. The summed E-state index contributed by atoms with van der Waals surface area (Å²) in [6.45, 7) is 4.22. The number of aryl methyl sites for hydroxylation is 2. The monoisotopic (exact) mass is 592 g/mol. The van der Waals surface area contributed by atoms with E-state index in [4.69, 9.17) is 5.26 Å². The van der Waals surface area contributed by atoms with Crippen LogP contribution in [0.5, 0.6) is 0 Å². The molecule has 0 saturated heterocycles. The summed E-state index contributed by atoms with van der Waals surface area (Å²) in [5, 5.41) is 10.9. The van der Waals surface area contributed by atoms with E-state index in [1.807, 2.05) is 24.3 Å². The zero-order valence-electron chi connectivity index (χ0n) is 26.3. The van der Waals surface area contributed by atoms with Gasteiger partial charge in [-0.15, -0.1) is 0 Å². The predicted octanol–water partition coefficient (Wildman–Crippen LogP) is 12.1. The largest absolute Gasteiger partial charge is 0.310 e. The Balaban J connectivity index is 0.000000319. The molecule has 0 atom stereocenters. The van der Waals surface area contributed by atoms with Gasteiger partial charge in [-0.1, -0.05) is 140 Å². The average molecular weight is 593 g/mol. The molecule has 46 heavy (non-hydrogen) atoms. The highest BCUT2D eigenvalue weighted by molar-refractivity contribution is 5.99. The van der Waals surface area contributed by atoms with Gasteiger partial charge in [0.2, 0.25) is 0 Å². The summed E-state index contributed by atoms with van der Waals surface area (Å²) in [6, 6.07) is 61.9. The van der Waals surface area contributed by atoms with E-state index in [9.17, 15) is 0 Å². The van der Waals surface area contributed by atoms with Crippen LogP contribution >= 0.6 is 0 Å². The van der Waals surface area contributed by atoms with Crippen LogP contribution in [0.2, 0.25) is 0 Å². The van der Waals surface area contributed by atoms with E-state index in [1.165, 1.54) is 49.8 Å². The molecule has 0 amide bonds. The first-order valence-electron chi connectivity index (χ1n) is 15.7. The van der Waals surface area contributed by atoms with Crippen LogP contribution in [0.15, 0.2) is 170 Å². The number of anilines is 3. The molecule has 0 N–H and O–H groups in total. The van der Waals surface area contributed by atoms with Crippen LogP contribution in [0.25, 0.3) is 33.0 Å². The minimum absolute atomic E-state index is 0.734. The maximum atomic E-state index is 8.45. The number of hydrogen-bond donors (Lipinski definition) is 0. The Morgan fingerprint density at radius 3 is 1.80 bits per heavy atom. The van der Waals surface area contributed by atoms with E-state index in [2.05, 4.69) is 170 Å². The molecule has 0 aliphatic carbocycles. The molecule has 0 heterocycles. The topological polar surface area (TPSA) is 27.0 Å². The highest BCUT2D eigenvalue weighted by Crippen LogP contribution is 2.40. The van der Waals surface area contributed by atoms with Crippen molar-refractivity contribution in [2.45, 2.75) is 20.3 Å². The van der Waals surface area contributed by atoms with Crippen molar-refractivity contribution in [3.8, 4) is 28.3 Å². The summed E-state index contributed by atoms with van der Waals surface area (Å²) < 4.78 is 0. The van der Waals surface area contributed by atoms with Crippen molar-refractivity contribution < 1.29 is 0 Å². The van der Waals surface area contributed by atoms with Gasteiger partial charge in [0.15, 0.2) is 0 Å². The Hall–Kier alpha value is -5.91. The fourth-order valence-corrected chi connectivity index (χ4v) is 5.65. The molecule has 0 spiro atoms. The van der Waals surface area contributed by atoms with Crippen molar-refractivity contribution in [3.63, 3.8) is 0 Å². The molecule has 0 aliphatic rings. The van der Waals surface area contributed by atoms with Gasteiger partial charge in [0, 0.05) is 16.8 Å². The van der Waals surface area contributed by atoms with E-state index in [0.717, 1.165) is 23.4 Å². The molecule has 7 rings (SSSR count). The van der Waals surface area contributed by atoms with E-state index in [-0.39, 0.29) is 0 Å². The maximum absolute atomic E-state index is 8.45. The van der Waals surface area contributed by atoms with Gasteiger partial charge in [-0.05, 0) is 89.0 Å².